The van der Waals surface area contributed by atoms with Gasteiger partial charge in [-0.2, -0.15) is 13.2 Å². The number of hydrogen-bond donors (Lipinski definition) is 2. The second kappa shape index (κ2) is 13.2. The zero-order chi connectivity index (χ0) is 37.4. The van der Waals surface area contributed by atoms with Gasteiger partial charge in [-0.05, 0) is 113 Å². The maximum atomic E-state index is 14.7. The molecule has 53 heavy (non-hydrogen) atoms. The highest BCUT2D eigenvalue weighted by molar-refractivity contribution is 6.00. The smallest absolute Gasteiger partial charge is 0.434 e. The van der Waals surface area contributed by atoms with Gasteiger partial charge in [0.2, 0.25) is 0 Å². The number of methoxy groups -OCH3 is 1. The van der Waals surface area contributed by atoms with E-state index in [1.54, 1.807) is 25.4 Å². The van der Waals surface area contributed by atoms with E-state index in [0.717, 1.165) is 38.2 Å². The number of nitrogens with zero attached hydrogens (tertiary/aromatic N) is 3. The van der Waals surface area contributed by atoms with Gasteiger partial charge in [-0.1, -0.05) is 0 Å². The standard InChI is InChI=1S/C39H45F5N4O5/c1-21(18-52-2)48-17-31(29-8-7-28(16-33(29)48)53-27-5-3-26(4-6-27)47-19-37(40,41)20-47)32-10-9-30(34(45-32)39(42,43)44)35(49)46-38(36(50)51)24-12-22-11-23(14-24)15-25(38)13-22/h7-10,16-17,21-27H,3-6,11-15,18-20H2,1-2H3,(H,46,49)(H,50,51)/t21-,22?,23?,24?,25?,26?,27?,38?/m1/s1. The van der Waals surface area contributed by atoms with Gasteiger partial charge in [0.25, 0.3) is 11.8 Å². The summed E-state index contributed by atoms with van der Waals surface area (Å²) in [4.78, 5) is 32.5. The zero-order valence-corrected chi connectivity index (χ0v) is 29.8. The van der Waals surface area contributed by atoms with Crippen LogP contribution in [0.4, 0.5) is 22.0 Å². The van der Waals surface area contributed by atoms with Gasteiger partial charge in [-0.3, -0.25) is 9.69 Å². The first-order chi connectivity index (χ1) is 25.1. The predicted octanol–water partition coefficient (Wildman–Crippen LogP) is 7.58. The minimum Gasteiger partial charge on any atom is -0.490 e. The number of ether oxygens (including phenoxy) is 2. The fourth-order valence-electron chi connectivity index (χ4n) is 10.5. The van der Waals surface area contributed by atoms with Crippen molar-refractivity contribution in [1.82, 2.24) is 19.8 Å². The molecule has 5 saturated carbocycles. The van der Waals surface area contributed by atoms with Crippen LogP contribution in [0.2, 0.25) is 0 Å². The molecule has 0 unspecified atom stereocenters. The molecule has 1 aliphatic heterocycles. The van der Waals surface area contributed by atoms with Gasteiger partial charge in [0, 0.05) is 36.4 Å². The number of carboxylic acid groups (broad SMARTS) is 1. The summed E-state index contributed by atoms with van der Waals surface area (Å²) in [5, 5.41) is 13.7. The topological polar surface area (TPSA) is 106 Å². The van der Waals surface area contributed by atoms with E-state index in [0.29, 0.717) is 66.3 Å². The predicted molar refractivity (Wildman–Crippen MR) is 185 cm³/mol. The normalized spacial score (nSPS) is 31.3. The third-order valence-electron chi connectivity index (χ3n) is 12.8. The first-order valence-electron chi connectivity index (χ1n) is 18.7. The minimum atomic E-state index is -5.00. The molecule has 2 aromatic heterocycles. The average Bonchev–Trinajstić information content (AvgIpc) is 3.47. The Bertz CT molecular complexity index is 1870. The molecule has 6 aliphatic rings. The number of nitrogens with one attached hydrogen (secondary N) is 1. The summed E-state index contributed by atoms with van der Waals surface area (Å²) in [6, 6.07) is 7.78. The molecular formula is C39H45F5N4O5. The summed E-state index contributed by atoms with van der Waals surface area (Å²) in [6.45, 7) is 1.86. The number of aromatic nitrogens is 2. The summed E-state index contributed by atoms with van der Waals surface area (Å²) in [6.07, 6.45) is 3.20. The molecule has 286 valence electrons. The van der Waals surface area contributed by atoms with E-state index in [2.05, 4.69) is 10.3 Å². The summed E-state index contributed by atoms with van der Waals surface area (Å²) in [5.74, 6) is -4.16. The maximum Gasteiger partial charge on any atom is 0.434 e. The van der Waals surface area contributed by atoms with Crippen LogP contribution >= 0.6 is 0 Å². The SMILES string of the molecule is COC[C@@H](C)n1cc(-c2ccc(C(=O)NC3(C(=O)O)C4CC5CC(C4)CC3C5)c(C(F)(F)F)n2)c2ccc(OC3CCC(N4CC(F)(F)C4)CC3)cc21. The van der Waals surface area contributed by atoms with Crippen molar-refractivity contribution in [3.8, 4) is 17.0 Å². The highest BCUT2D eigenvalue weighted by Gasteiger charge is 2.62. The van der Waals surface area contributed by atoms with E-state index in [1.165, 1.54) is 6.07 Å². The third kappa shape index (κ3) is 6.47. The molecule has 0 radical (unpaired) electrons. The maximum absolute atomic E-state index is 14.7. The number of likely N-dealkylation sites (tertiary alicyclic amines) is 1. The number of benzene rings is 1. The lowest BCUT2D eigenvalue weighted by atomic mass is 9.48. The fraction of sp³-hybridized carbons (Fsp3) is 0.615. The molecule has 1 aromatic carbocycles. The van der Waals surface area contributed by atoms with Gasteiger partial charge in [-0.15, -0.1) is 0 Å². The van der Waals surface area contributed by atoms with Gasteiger partial charge in [0.15, 0.2) is 5.69 Å². The molecule has 3 heterocycles. The summed E-state index contributed by atoms with van der Waals surface area (Å²) in [7, 11) is 1.56. The monoisotopic (exact) mass is 744 g/mol. The van der Waals surface area contributed by atoms with Crippen molar-refractivity contribution < 1.29 is 46.1 Å². The Morgan fingerprint density at radius 1 is 1.00 bits per heavy atom. The molecule has 0 spiro atoms. The van der Waals surface area contributed by atoms with Crippen LogP contribution in [0.3, 0.4) is 0 Å². The van der Waals surface area contributed by atoms with E-state index in [-0.39, 0.29) is 48.8 Å². The van der Waals surface area contributed by atoms with Crippen LogP contribution in [0.25, 0.3) is 22.2 Å². The molecule has 3 aromatic rings. The minimum absolute atomic E-state index is 0.00776. The molecule has 1 atom stereocenters. The van der Waals surface area contributed by atoms with Crippen LogP contribution in [0.1, 0.15) is 86.8 Å². The molecule has 1 amide bonds. The molecule has 9 rings (SSSR count). The Labute approximate surface area is 304 Å². The quantitative estimate of drug-likeness (QED) is 0.206. The van der Waals surface area contributed by atoms with Gasteiger partial charge in [0.1, 0.15) is 11.3 Å². The first-order valence-corrected chi connectivity index (χ1v) is 18.7. The number of hydrogen-bond acceptors (Lipinski definition) is 6. The van der Waals surface area contributed by atoms with Crippen LogP contribution in [0.5, 0.6) is 5.75 Å². The van der Waals surface area contributed by atoms with Crippen molar-refractivity contribution in [1.29, 1.82) is 0 Å². The van der Waals surface area contributed by atoms with Crippen molar-refractivity contribution in [2.24, 2.45) is 23.7 Å². The Balaban J connectivity index is 1.07. The van der Waals surface area contributed by atoms with E-state index in [4.69, 9.17) is 9.47 Å². The number of halogens is 5. The molecule has 1 saturated heterocycles. The molecule has 2 N–H and O–H groups in total. The summed E-state index contributed by atoms with van der Waals surface area (Å²) in [5.41, 5.74) is -2.57. The molecule has 5 aliphatic carbocycles. The lowest BCUT2D eigenvalue weighted by Crippen LogP contribution is -2.70. The van der Waals surface area contributed by atoms with Gasteiger partial charge < -0.3 is 24.5 Å². The van der Waals surface area contributed by atoms with Crippen molar-refractivity contribution in [2.75, 3.05) is 26.8 Å². The lowest BCUT2D eigenvalue weighted by Gasteiger charge is -2.59. The number of alkyl halides is 5. The van der Waals surface area contributed by atoms with Crippen LogP contribution < -0.4 is 10.1 Å². The number of fused-ring (bicyclic) bond motifs is 1. The second-order valence-electron chi connectivity index (χ2n) is 16.3. The number of carboxylic acids is 1. The van der Waals surface area contributed by atoms with E-state index in [1.807, 2.05) is 22.5 Å². The van der Waals surface area contributed by atoms with E-state index < -0.39 is 40.8 Å². The average molecular weight is 745 g/mol. The Hall–Kier alpha value is -3.78. The van der Waals surface area contributed by atoms with Gasteiger partial charge in [-0.25, -0.2) is 18.6 Å². The van der Waals surface area contributed by atoms with E-state index >= 15 is 0 Å². The van der Waals surface area contributed by atoms with Gasteiger partial charge >= 0.3 is 12.1 Å². The van der Waals surface area contributed by atoms with Crippen LogP contribution in [0, 0.1) is 23.7 Å². The van der Waals surface area contributed by atoms with E-state index in [9.17, 15) is 36.6 Å². The first kappa shape index (κ1) is 36.2. The number of amides is 1. The Morgan fingerprint density at radius 2 is 1.66 bits per heavy atom. The van der Waals surface area contributed by atoms with Crippen molar-refractivity contribution in [3.63, 3.8) is 0 Å². The highest BCUT2D eigenvalue weighted by atomic mass is 19.4. The molecular weight excluding hydrogens is 699 g/mol. The molecule has 4 bridgehead atoms. The van der Waals surface area contributed by atoms with Crippen molar-refractivity contribution in [3.05, 3.63) is 47.8 Å². The molecule has 6 fully saturated rings. The zero-order valence-electron chi connectivity index (χ0n) is 29.8. The largest absolute Gasteiger partial charge is 0.490 e. The van der Waals surface area contributed by atoms with Crippen molar-refractivity contribution in [2.45, 2.75) is 101 Å². The van der Waals surface area contributed by atoms with Gasteiger partial charge in [0.05, 0.1) is 48.6 Å². The number of rotatable bonds is 10. The van der Waals surface area contributed by atoms with Crippen molar-refractivity contribution >= 4 is 22.8 Å². The number of aliphatic carboxylic acids is 1. The van der Waals surface area contributed by atoms with Crippen LogP contribution in [-0.4, -0.2) is 81.8 Å². The molecule has 14 heteroatoms. The summed E-state index contributed by atoms with van der Waals surface area (Å²) < 4.78 is 84.7. The van der Waals surface area contributed by atoms with Crippen LogP contribution in [-0.2, 0) is 15.7 Å². The Morgan fingerprint density at radius 3 is 2.25 bits per heavy atom. The number of carbonyl (C=O) groups excluding carboxylic acids is 1. The number of pyridine rings is 1. The summed E-state index contributed by atoms with van der Waals surface area (Å²) >= 11 is 0. The highest BCUT2D eigenvalue weighted by Crippen LogP contribution is 2.58. The number of carbonyl (C=O) groups is 2. The lowest BCUT2D eigenvalue weighted by molar-refractivity contribution is -0.163. The third-order valence-corrected chi connectivity index (χ3v) is 12.8. The van der Waals surface area contributed by atoms with Crippen LogP contribution in [0.15, 0.2) is 36.5 Å². The second-order valence-corrected chi connectivity index (χ2v) is 16.3. The Kier molecular flexibility index (Phi) is 9.02. The fourth-order valence-corrected chi connectivity index (χ4v) is 10.5. The molecule has 9 nitrogen and oxygen atoms in total.